The molecule has 2 aliphatic heterocycles. The zero-order valence-corrected chi connectivity index (χ0v) is 12.3. The number of nitrogens with zero attached hydrogens (tertiary/aromatic N) is 4. The third kappa shape index (κ3) is 3.01. The number of anilines is 1. The first-order valence-electron chi connectivity index (χ1n) is 6.50. The van der Waals surface area contributed by atoms with Crippen molar-refractivity contribution >= 4 is 23.5 Å². The highest BCUT2D eigenvalue weighted by Gasteiger charge is 2.19. The van der Waals surface area contributed by atoms with Crippen LogP contribution >= 0.6 is 11.8 Å². The second-order valence-corrected chi connectivity index (χ2v) is 5.55. The van der Waals surface area contributed by atoms with Crippen molar-refractivity contribution in [2.45, 2.75) is 11.7 Å². The molecule has 0 saturated heterocycles. The van der Waals surface area contributed by atoms with Crippen molar-refractivity contribution in [1.29, 1.82) is 0 Å². The number of nitrogen functional groups attached to an aromatic ring is 1. The monoisotopic (exact) mass is 315 g/mol. The molecule has 1 aromatic rings. The quantitative estimate of drug-likeness (QED) is 0.688. The summed E-state index contributed by atoms with van der Waals surface area (Å²) in [7, 11) is 0. The summed E-state index contributed by atoms with van der Waals surface area (Å²) in [4.78, 5) is 23.4. The van der Waals surface area contributed by atoms with Crippen molar-refractivity contribution in [2.24, 2.45) is 0 Å². The fraction of sp³-hybridized carbons (Fsp3) is 0.143. The number of aromatic nitrogens is 4. The van der Waals surface area contributed by atoms with E-state index < -0.39 is 5.97 Å². The maximum absolute atomic E-state index is 10.6. The average Bonchev–Trinajstić information content (AvgIpc) is 2.94. The smallest absolute Gasteiger partial charge is 0.313 e. The minimum absolute atomic E-state index is 0.0949. The standard InChI is InChI=1S/C14H13N5O2S/c15-12-11-13(18-14(17-11)22-7-10(20)21)19(8-16-12)6-9-4-2-1-3-5-9/h1-5,8H,6-7,15H2,(H,20,21). The minimum atomic E-state index is -0.915. The molecule has 0 atom stereocenters. The van der Waals surface area contributed by atoms with Crippen molar-refractivity contribution < 1.29 is 9.90 Å². The Labute approximate surface area is 130 Å². The molecule has 112 valence electrons. The van der Waals surface area contributed by atoms with Crippen LogP contribution in [-0.2, 0) is 11.3 Å². The Morgan fingerprint density at radius 1 is 1.27 bits per heavy atom. The Bertz CT molecular complexity index is 774. The van der Waals surface area contributed by atoms with Crippen LogP contribution in [0, 0.1) is 0 Å². The number of rotatable bonds is 5. The van der Waals surface area contributed by atoms with Crippen LogP contribution in [0.15, 0.2) is 41.8 Å². The van der Waals surface area contributed by atoms with E-state index >= 15 is 0 Å². The van der Waals surface area contributed by atoms with E-state index in [1.54, 1.807) is 6.33 Å². The molecule has 2 heterocycles. The second-order valence-electron chi connectivity index (χ2n) is 4.60. The second kappa shape index (κ2) is 6.02. The van der Waals surface area contributed by atoms with E-state index in [2.05, 4.69) is 15.0 Å². The van der Waals surface area contributed by atoms with Gasteiger partial charge in [0.15, 0.2) is 22.5 Å². The van der Waals surface area contributed by atoms with E-state index in [9.17, 15) is 4.79 Å². The molecule has 0 fully saturated rings. The van der Waals surface area contributed by atoms with E-state index in [0.717, 1.165) is 17.3 Å². The van der Waals surface area contributed by atoms with E-state index in [1.807, 2.05) is 34.9 Å². The summed E-state index contributed by atoms with van der Waals surface area (Å²) in [5.74, 6) is -0.122. The Balaban J connectivity index is 1.94. The zero-order valence-electron chi connectivity index (χ0n) is 11.5. The van der Waals surface area contributed by atoms with Crippen LogP contribution in [0.4, 0.5) is 5.82 Å². The van der Waals surface area contributed by atoms with Gasteiger partial charge in [0, 0.05) is 0 Å². The highest BCUT2D eigenvalue weighted by atomic mass is 32.2. The van der Waals surface area contributed by atoms with E-state index in [-0.39, 0.29) is 11.6 Å². The molecule has 8 heteroatoms. The number of fused-ring (bicyclic) bond motifs is 1. The Kier molecular flexibility index (Phi) is 3.92. The van der Waals surface area contributed by atoms with Crippen LogP contribution in [0.3, 0.4) is 0 Å². The first-order chi connectivity index (χ1) is 10.6. The Morgan fingerprint density at radius 2 is 2.05 bits per heavy atom. The molecule has 22 heavy (non-hydrogen) atoms. The minimum Gasteiger partial charge on any atom is -0.481 e. The van der Waals surface area contributed by atoms with Crippen LogP contribution in [0.2, 0.25) is 0 Å². The van der Waals surface area contributed by atoms with Gasteiger partial charge in [-0.2, -0.15) is 0 Å². The summed E-state index contributed by atoms with van der Waals surface area (Å²) >= 11 is 1.06. The van der Waals surface area contributed by atoms with Gasteiger partial charge >= 0.3 is 5.97 Å². The van der Waals surface area contributed by atoms with Gasteiger partial charge in [-0.1, -0.05) is 42.1 Å². The number of aliphatic carboxylic acids is 1. The van der Waals surface area contributed by atoms with Gasteiger partial charge in [-0.25, -0.2) is 15.0 Å². The van der Waals surface area contributed by atoms with Gasteiger partial charge in [0.05, 0.1) is 18.6 Å². The van der Waals surface area contributed by atoms with E-state index in [4.69, 9.17) is 10.8 Å². The molecule has 0 saturated carbocycles. The fourth-order valence-electron chi connectivity index (χ4n) is 2.02. The number of nitrogens with two attached hydrogens (primary N) is 1. The number of benzene rings is 1. The topological polar surface area (TPSA) is 107 Å². The molecule has 1 aromatic carbocycles. The fourth-order valence-corrected chi connectivity index (χ4v) is 2.58. The summed E-state index contributed by atoms with van der Waals surface area (Å²) in [5.41, 5.74) is 7.43. The maximum Gasteiger partial charge on any atom is 0.313 e. The van der Waals surface area contributed by atoms with Crippen LogP contribution < -0.4 is 5.73 Å². The van der Waals surface area contributed by atoms with Gasteiger partial charge in [-0.3, -0.25) is 4.79 Å². The van der Waals surface area contributed by atoms with Crippen molar-refractivity contribution in [2.75, 3.05) is 11.5 Å². The lowest BCUT2D eigenvalue weighted by atomic mass is 10.2. The summed E-state index contributed by atoms with van der Waals surface area (Å²) < 4.78 is 1.85. The van der Waals surface area contributed by atoms with Crippen molar-refractivity contribution in [3.05, 3.63) is 42.2 Å². The third-order valence-corrected chi connectivity index (χ3v) is 3.82. The maximum atomic E-state index is 10.6. The predicted octanol–water partition coefficient (Wildman–Crippen LogP) is 1.59. The first-order valence-corrected chi connectivity index (χ1v) is 7.49. The molecule has 0 aromatic heterocycles. The SMILES string of the molecule is Nc1ncn(Cc2ccccc2)c2nc(SCC(=O)O)nc1-2. The van der Waals surface area contributed by atoms with Gasteiger partial charge < -0.3 is 15.4 Å². The average molecular weight is 315 g/mol. The van der Waals surface area contributed by atoms with Gasteiger partial charge in [-0.05, 0) is 5.56 Å². The number of carbonyl (C=O) groups is 1. The molecular weight excluding hydrogens is 302 g/mol. The van der Waals surface area contributed by atoms with Crippen LogP contribution in [0.5, 0.6) is 0 Å². The summed E-state index contributed by atoms with van der Waals surface area (Å²) in [6.07, 6.45) is 1.62. The molecule has 3 rings (SSSR count). The lowest BCUT2D eigenvalue weighted by molar-refractivity contribution is -0.133. The van der Waals surface area contributed by atoms with E-state index in [1.165, 1.54) is 0 Å². The Hall–Kier alpha value is -2.61. The van der Waals surface area contributed by atoms with Crippen LogP contribution in [-0.4, -0.2) is 36.3 Å². The Morgan fingerprint density at radius 3 is 2.77 bits per heavy atom. The number of carboxylic acids is 1. The van der Waals surface area contributed by atoms with E-state index in [0.29, 0.717) is 23.2 Å². The summed E-state index contributed by atoms with van der Waals surface area (Å²) in [6.45, 7) is 0.590. The molecule has 0 radical (unpaired) electrons. The van der Waals surface area contributed by atoms with Crippen LogP contribution in [0.25, 0.3) is 11.5 Å². The van der Waals surface area contributed by atoms with Crippen LogP contribution in [0.1, 0.15) is 5.56 Å². The molecule has 7 nitrogen and oxygen atoms in total. The lowest BCUT2D eigenvalue weighted by Crippen LogP contribution is -2.09. The molecule has 3 N–H and O–H groups in total. The van der Waals surface area contributed by atoms with Crippen molar-refractivity contribution in [3.8, 4) is 11.5 Å². The van der Waals surface area contributed by atoms with Gasteiger partial charge in [0.25, 0.3) is 0 Å². The highest BCUT2D eigenvalue weighted by molar-refractivity contribution is 7.99. The lowest BCUT2D eigenvalue weighted by Gasteiger charge is -2.10. The third-order valence-electron chi connectivity index (χ3n) is 2.99. The zero-order chi connectivity index (χ0) is 15.5. The highest BCUT2D eigenvalue weighted by Crippen LogP contribution is 2.27. The van der Waals surface area contributed by atoms with Crippen molar-refractivity contribution in [1.82, 2.24) is 19.5 Å². The van der Waals surface area contributed by atoms with Gasteiger partial charge in [-0.15, -0.1) is 0 Å². The normalized spacial score (nSPS) is 10.9. The molecule has 0 unspecified atom stereocenters. The molecule has 0 spiro atoms. The van der Waals surface area contributed by atoms with Gasteiger partial charge in [0.2, 0.25) is 0 Å². The first kappa shape index (κ1) is 14.3. The molecule has 0 amide bonds. The van der Waals surface area contributed by atoms with Crippen molar-refractivity contribution in [3.63, 3.8) is 0 Å². The number of imidazole rings is 1. The largest absolute Gasteiger partial charge is 0.481 e. The molecule has 0 bridgehead atoms. The summed E-state index contributed by atoms with van der Waals surface area (Å²) in [5, 5.41) is 9.12. The molecule has 0 aliphatic carbocycles. The molecular formula is C14H13N5O2S. The number of thioether (sulfide) groups is 1. The number of hydrogen-bond donors (Lipinski definition) is 2. The van der Waals surface area contributed by atoms with Gasteiger partial charge in [0.1, 0.15) is 0 Å². The molecule has 2 aliphatic rings. The predicted molar refractivity (Wildman–Crippen MR) is 82.8 cm³/mol. The number of hydrogen-bond acceptors (Lipinski definition) is 6. The number of carboxylic acid groups (broad SMARTS) is 1. The summed E-state index contributed by atoms with van der Waals surface area (Å²) in [6, 6.07) is 9.89.